The molecule has 3 N–H and O–H groups in total. The van der Waals surface area contributed by atoms with Crippen LogP contribution in [-0.2, 0) is 4.79 Å². The highest BCUT2D eigenvalue weighted by molar-refractivity contribution is 9.10. The molecule has 0 bridgehead atoms. The summed E-state index contributed by atoms with van der Waals surface area (Å²) in [6, 6.07) is 13.5. The van der Waals surface area contributed by atoms with E-state index >= 15 is 0 Å². The molecule has 6 nitrogen and oxygen atoms in total. The molecule has 0 unspecified atom stereocenters. The van der Waals surface area contributed by atoms with Gasteiger partial charge in [-0.25, -0.2) is 4.98 Å². The second-order valence-corrected chi connectivity index (χ2v) is 7.19. The number of anilines is 1. The fourth-order valence-corrected chi connectivity index (χ4v) is 3.34. The maximum absolute atomic E-state index is 12.3. The average molecular weight is 442 g/mol. The molecule has 27 heavy (non-hydrogen) atoms. The molecule has 2 aromatic carbocycles. The summed E-state index contributed by atoms with van der Waals surface area (Å²) in [6.45, 7) is 0. The quantitative estimate of drug-likeness (QED) is 0.313. The highest BCUT2D eigenvalue weighted by Crippen LogP contribution is 2.28. The third-order valence-corrected chi connectivity index (χ3v) is 4.77. The molecule has 0 aliphatic rings. The zero-order valence-electron chi connectivity index (χ0n) is 13.7. The number of thiazole rings is 1. The van der Waals surface area contributed by atoms with Crippen LogP contribution in [0.3, 0.4) is 0 Å². The monoisotopic (exact) mass is 441 g/mol. The van der Waals surface area contributed by atoms with Crippen molar-refractivity contribution in [2.45, 2.75) is 0 Å². The van der Waals surface area contributed by atoms with Gasteiger partial charge in [0, 0.05) is 15.4 Å². The minimum Gasteiger partial charge on any atom is -0.504 e. The summed E-state index contributed by atoms with van der Waals surface area (Å²) in [5.41, 5.74) is 1.87. The largest absolute Gasteiger partial charge is 0.504 e. The van der Waals surface area contributed by atoms with E-state index in [1.165, 1.54) is 35.6 Å². The fraction of sp³-hybridized carbons (Fsp3) is 0. The van der Waals surface area contributed by atoms with E-state index in [2.05, 4.69) is 26.2 Å². The van der Waals surface area contributed by atoms with Crippen LogP contribution in [0.2, 0.25) is 0 Å². The van der Waals surface area contributed by atoms with Gasteiger partial charge in [-0.3, -0.25) is 10.1 Å². The van der Waals surface area contributed by atoms with E-state index in [0.717, 1.165) is 10.0 Å². The number of amides is 1. The number of nitriles is 1. The van der Waals surface area contributed by atoms with Crippen molar-refractivity contribution in [1.29, 1.82) is 5.26 Å². The van der Waals surface area contributed by atoms with Crippen molar-refractivity contribution >= 4 is 44.4 Å². The van der Waals surface area contributed by atoms with E-state index in [4.69, 9.17) is 0 Å². The second-order valence-electron chi connectivity index (χ2n) is 5.42. The van der Waals surface area contributed by atoms with Gasteiger partial charge in [0.2, 0.25) is 0 Å². The van der Waals surface area contributed by atoms with Gasteiger partial charge in [0.05, 0.1) is 5.69 Å². The highest BCUT2D eigenvalue weighted by Gasteiger charge is 2.13. The van der Waals surface area contributed by atoms with Gasteiger partial charge < -0.3 is 10.2 Å². The number of phenols is 2. The first kappa shape index (κ1) is 18.6. The number of hydrogen-bond acceptors (Lipinski definition) is 6. The van der Waals surface area contributed by atoms with Gasteiger partial charge in [0.25, 0.3) is 5.91 Å². The Morgan fingerprint density at radius 2 is 2.04 bits per heavy atom. The molecule has 0 fully saturated rings. The van der Waals surface area contributed by atoms with Gasteiger partial charge >= 0.3 is 0 Å². The Bertz CT molecular complexity index is 1090. The maximum atomic E-state index is 12.3. The molecule has 0 spiro atoms. The number of aromatic hydroxyl groups is 2. The molecule has 3 aromatic rings. The van der Waals surface area contributed by atoms with Crippen LogP contribution < -0.4 is 5.32 Å². The van der Waals surface area contributed by atoms with Gasteiger partial charge in [-0.2, -0.15) is 5.26 Å². The molecule has 0 aliphatic carbocycles. The molecular weight excluding hydrogens is 430 g/mol. The first-order chi connectivity index (χ1) is 13.0. The number of benzene rings is 2. The Labute approximate surface area is 167 Å². The minimum atomic E-state index is -0.611. The van der Waals surface area contributed by atoms with Crippen LogP contribution in [0.5, 0.6) is 11.5 Å². The summed E-state index contributed by atoms with van der Waals surface area (Å²) in [5.74, 6) is -1.22. The third kappa shape index (κ3) is 4.53. The average Bonchev–Trinajstić information content (AvgIpc) is 3.11. The Hall–Kier alpha value is -3.15. The number of aromatic nitrogens is 1. The molecule has 0 aliphatic heterocycles. The molecule has 8 heteroatoms. The molecule has 0 atom stereocenters. The number of carbonyl (C=O) groups is 1. The normalized spacial score (nSPS) is 11.0. The van der Waals surface area contributed by atoms with Gasteiger partial charge in [0.1, 0.15) is 11.6 Å². The number of phenolic OH excluding ortho intramolecular Hbond substituents is 2. The number of carbonyl (C=O) groups excluding carboxylic acids is 1. The maximum Gasteiger partial charge on any atom is 0.268 e. The smallest absolute Gasteiger partial charge is 0.268 e. The van der Waals surface area contributed by atoms with E-state index < -0.39 is 5.91 Å². The number of hydrogen-bond donors (Lipinski definition) is 3. The van der Waals surface area contributed by atoms with E-state index in [1.807, 2.05) is 35.7 Å². The van der Waals surface area contributed by atoms with Crippen molar-refractivity contribution in [1.82, 2.24) is 4.98 Å². The van der Waals surface area contributed by atoms with Gasteiger partial charge in [0.15, 0.2) is 16.6 Å². The summed E-state index contributed by atoms with van der Waals surface area (Å²) in [7, 11) is 0. The lowest BCUT2D eigenvalue weighted by molar-refractivity contribution is -0.112. The lowest BCUT2D eigenvalue weighted by atomic mass is 10.1. The third-order valence-electron chi connectivity index (χ3n) is 3.52. The Balaban J connectivity index is 1.78. The summed E-state index contributed by atoms with van der Waals surface area (Å²) in [5, 5.41) is 32.9. The molecule has 0 radical (unpaired) electrons. The van der Waals surface area contributed by atoms with Crippen molar-refractivity contribution in [3.63, 3.8) is 0 Å². The van der Waals surface area contributed by atoms with Crippen LogP contribution in [0.15, 0.2) is 57.9 Å². The second kappa shape index (κ2) is 8.03. The zero-order valence-corrected chi connectivity index (χ0v) is 16.1. The van der Waals surface area contributed by atoms with Crippen molar-refractivity contribution in [3.05, 3.63) is 63.5 Å². The van der Waals surface area contributed by atoms with Gasteiger partial charge in [-0.05, 0) is 35.9 Å². The van der Waals surface area contributed by atoms with Crippen LogP contribution in [0.1, 0.15) is 5.56 Å². The Morgan fingerprint density at radius 3 is 2.74 bits per heavy atom. The molecule has 0 saturated carbocycles. The summed E-state index contributed by atoms with van der Waals surface area (Å²) >= 11 is 4.65. The van der Waals surface area contributed by atoms with Crippen molar-refractivity contribution in [2.24, 2.45) is 0 Å². The number of nitrogens with one attached hydrogen (secondary N) is 1. The van der Waals surface area contributed by atoms with E-state index in [-0.39, 0.29) is 17.1 Å². The van der Waals surface area contributed by atoms with Crippen LogP contribution in [0.25, 0.3) is 17.3 Å². The van der Waals surface area contributed by atoms with Crippen LogP contribution >= 0.6 is 27.3 Å². The van der Waals surface area contributed by atoms with Gasteiger partial charge in [-0.1, -0.05) is 34.1 Å². The summed E-state index contributed by atoms with van der Waals surface area (Å²) in [6.07, 6.45) is 1.32. The zero-order chi connectivity index (χ0) is 19.4. The molecule has 1 amide bonds. The molecule has 0 saturated heterocycles. The van der Waals surface area contributed by atoms with E-state index in [1.54, 1.807) is 0 Å². The SMILES string of the molecule is N#C/C(=C\c1ccc(O)c(O)c1)C(=O)Nc1nc(-c2cccc(Br)c2)cs1. The molecule has 3 rings (SSSR count). The van der Waals surface area contributed by atoms with Crippen molar-refractivity contribution in [2.75, 3.05) is 5.32 Å². The van der Waals surface area contributed by atoms with Crippen molar-refractivity contribution < 1.29 is 15.0 Å². The van der Waals surface area contributed by atoms with Crippen LogP contribution in [-0.4, -0.2) is 21.1 Å². The number of rotatable bonds is 4. The topological polar surface area (TPSA) is 106 Å². The number of nitrogens with zero attached hydrogens (tertiary/aromatic N) is 2. The molecular formula is C19H12BrN3O3S. The predicted molar refractivity (Wildman–Crippen MR) is 107 cm³/mol. The highest BCUT2D eigenvalue weighted by atomic mass is 79.9. The number of halogens is 1. The standard InChI is InChI=1S/C19H12BrN3O3S/c20-14-3-1-2-12(8-14)15-10-27-19(22-15)23-18(26)13(9-21)6-11-4-5-16(24)17(25)7-11/h1-8,10,24-25H,(H,22,23,26)/b13-6+. The van der Waals surface area contributed by atoms with Crippen molar-refractivity contribution in [3.8, 4) is 28.8 Å². The lowest BCUT2D eigenvalue weighted by Gasteiger charge is -2.02. The summed E-state index contributed by atoms with van der Waals surface area (Å²) in [4.78, 5) is 16.7. The van der Waals surface area contributed by atoms with E-state index in [0.29, 0.717) is 16.4 Å². The minimum absolute atomic E-state index is 0.153. The molecule has 134 valence electrons. The first-order valence-corrected chi connectivity index (χ1v) is 9.30. The Kier molecular flexibility index (Phi) is 5.54. The first-order valence-electron chi connectivity index (χ1n) is 7.63. The fourth-order valence-electron chi connectivity index (χ4n) is 2.22. The van der Waals surface area contributed by atoms with E-state index in [9.17, 15) is 20.3 Å². The molecule has 1 aromatic heterocycles. The predicted octanol–water partition coefficient (Wildman–Crippen LogP) is 4.53. The lowest BCUT2D eigenvalue weighted by Crippen LogP contribution is -2.13. The summed E-state index contributed by atoms with van der Waals surface area (Å²) < 4.78 is 0.922. The van der Waals surface area contributed by atoms with Gasteiger partial charge in [-0.15, -0.1) is 11.3 Å². The Morgan fingerprint density at radius 1 is 1.22 bits per heavy atom. The van der Waals surface area contributed by atoms with Crippen LogP contribution in [0.4, 0.5) is 5.13 Å². The molecule has 1 heterocycles. The van der Waals surface area contributed by atoms with Crippen LogP contribution in [0, 0.1) is 11.3 Å².